The molecule has 0 saturated heterocycles. The monoisotopic (exact) mass is 458 g/mol. The Morgan fingerprint density at radius 3 is 2.17 bits per heavy atom. The molecule has 7 nitrogen and oxygen atoms in total. The number of aryl methyl sites for hydroxylation is 1. The number of sulfone groups is 1. The highest BCUT2D eigenvalue weighted by Crippen LogP contribution is 2.26. The van der Waals surface area contributed by atoms with E-state index in [1.807, 2.05) is 0 Å². The predicted molar refractivity (Wildman–Crippen MR) is 114 cm³/mol. The zero-order valence-corrected chi connectivity index (χ0v) is 18.9. The summed E-state index contributed by atoms with van der Waals surface area (Å²) in [6.07, 6.45) is 2.14. The van der Waals surface area contributed by atoms with Crippen molar-refractivity contribution in [3.05, 3.63) is 58.6 Å². The van der Waals surface area contributed by atoms with Gasteiger partial charge >= 0.3 is 0 Å². The van der Waals surface area contributed by atoms with Gasteiger partial charge in [-0.15, -0.1) is 0 Å². The van der Waals surface area contributed by atoms with E-state index in [1.165, 1.54) is 18.2 Å². The molecule has 2 rings (SSSR count). The van der Waals surface area contributed by atoms with Crippen LogP contribution in [0.15, 0.2) is 47.4 Å². The lowest BCUT2D eigenvalue weighted by Gasteiger charge is -2.25. The molecule has 0 radical (unpaired) electrons. The second-order valence-corrected chi connectivity index (χ2v) is 11.2. The Balaban J connectivity index is 2.19. The van der Waals surface area contributed by atoms with Crippen LogP contribution in [0.1, 0.15) is 24.1 Å². The SMILES string of the molecule is Cc1ccc(Cl)cc1N(CC(=O)NC(C)c1ccc(S(C)(=O)=O)cc1)S(C)(=O)=O. The lowest BCUT2D eigenvalue weighted by atomic mass is 10.1. The number of anilines is 1. The van der Waals surface area contributed by atoms with Crippen LogP contribution in [-0.4, -0.2) is 41.8 Å². The molecule has 158 valence electrons. The van der Waals surface area contributed by atoms with Crippen LogP contribution < -0.4 is 9.62 Å². The van der Waals surface area contributed by atoms with E-state index < -0.39 is 38.4 Å². The molecule has 0 aliphatic heterocycles. The lowest BCUT2D eigenvalue weighted by molar-refractivity contribution is -0.120. The number of sulfonamides is 1. The summed E-state index contributed by atoms with van der Waals surface area (Å²) in [6, 6.07) is 10.5. The summed E-state index contributed by atoms with van der Waals surface area (Å²) in [5.74, 6) is -0.505. The van der Waals surface area contributed by atoms with Crippen LogP contribution in [0.25, 0.3) is 0 Å². The number of nitrogens with one attached hydrogen (secondary N) is 1. The van der Waals surface area contributed by atoms with Crippen molar-refractivity contribution in [3.63, 3.8) is 0 Å². The van der Waals surface area contributed by atoms with Crippen molar-refractivity contribution in [1.82, 2.24) is 5.32 Å². The molecule has 0 spiro atoms. The van der Waals surface area contributed by atoms with E-state index in [-0.39, 0.29) is 4.90 Å². The second-order valence-electron chi connectivity index (χ2n) is 6.83. The van der Waals surface area contributed by atoms with Gasteiger partial charge in [-0.2, -0.15) is 0 Å². The molecule has 0 heterocycles. The number of benzene rings is 2. The standard InChI is InChI=1S/C19H23ClN2O5S2/c1-13-5-8-16(20)11-18(13)22(29(4,26)27)12-19(23)21-14(2)15-6-9-17(10-7-15)28(3,24)25/h5-11,14H,12H2,1-4H3,(H,21,23). The zero-order chi connectivity index (χ0) is 22.0. The van der Waals surface area contributed by atoms with Crippen molar-refractivity contribution in [1.29, 1.82) is 0 Å². The Kier molecular flexibility index (Phi) is 6.97. The van der Waals surface area contributed by atoms with E-state index in [4.69, 9.17) is 11.6 Å². The molecule has 1 atom stereocenters. The average Bonchev–Trinajstić information content (AvgIpc) is 2.60. The van der Waals surface area contributed by atoms with Crippen LogP contribution in [0.2, 0.25) is 5.02 Å². The maximum atomic E-state index is 12.5. The topological polar surface area (TPSA) is 101 Å². The Labute approximate surface area is 176 Å². The van der Waals surface area contributed by atoms with Gasteiger partial charge in [0.1, 0.15) is 6.54 Å². The minimum atomic E-state index is -3.73. The molecule has 29 heavy (non-hydrogen) atoms. The first-order valence-electron chi connectivity index (χ1n) is 8.62. The fraction of sp³-hybridized carbons (Fsp3) is 0.316. The second kappa shape index (κ2) is 8.73. The molecule has 1 unspecified atom stereocenters. The third kappa shape index (κ3) is 6.19. The average molecular weight is 459 g/mol. The van der Waals surface area contributed by atoms with Gasteiger partial charge in [0.05, 0.1) is 22.9 Å². The molecule has 2 aromatic carbocycles. The first-order chi connectivity index (χ1) is 13.3. The summed E-state index contributed by atoms with van der Waals surface area (Å²) in [5, 5.41) is 3.09. The number of hydrogen-bond acceptors (Lipinski definition) is 5. The van der Waals surface area contributed by atoms with Crippen LogP contribution in [0.3, 0.4) is 0 Å². The van der Waals surface area contributed by atoms with Crippen LogP contribution in [0, 0.1) is 6.92 Å². The Bertz CT molecular complexity index is 1110. The van der Waals surface area contributed by atoms with Gasteiger partial charge in [0, 0.05) is 11.3 Å². The quantitative estimate of drug-likeness (QED) is 0.687. The highest BCUT2D eigenvalue weighted by Gasteiger charge is 2.23. The molecular formula is C19H23ClN2O5S2. The van der Waals surface area contributed by atoms with Gasteiger partial charge in [0.25, 0.3) is 0 Å². The first kappa shape index (κ1) is 23.2. The largest absolute Gasteiger partial charge is 0.348 e. The van der Waals surface area contributed by atoms with E-state index in [2.05, 4.69) is 5.32 Å². The van der Waals surface area contributed by atoms with Gasteiger partial charge in [-0.3, -0.25) is 9.10 Å². The molecule has 1 N–H and O–H groups in total. The maximum absolute atomic E-state index is 12.5. The van der Waals surface area contributed by atoms with E-state index in [0.717, 1.165) is 16.8 Å². The lowest BCUT2D eigenvalue weighted by Crippen LogP contribution is -2.41. The van der Waals surface area contributed by atoms with E-state index in [9.17, 15) is 21.6 Å². The molecule has 1 amide bonds. The number of rotatable bonds is 7. The van der Waals surface area contributed by atoms with Crippen molar-refractivity contribution in [2.75, 3.05) is 23.4 Å². The predicted octanol–water partition coefficient (Wildman–Crippen LogP) is 2.70. The fourth-order valence-corrected chi connectivity index (χ4v) is 4.44. The van der Waals surface area contributed by atoms with Crippen LogP contribution >= 0.6 is 11.6 Å². The number of halogens is 1. The maximum Gasteiger partial charge on any atom is 0.241 e. The molecule has 10 heteroatoms. The molecule has 0 saturated carbocycles. The van der Waals surface area contributed by atoms with Gasteiger partial charge in [0.2, 0.25) is 15.9 Å². The Hall–Kier alpha value is -2.10. The van der Waals surface area contributed by atoms with Gasteiger partial charge in [-0.05, 0) is 49.2 Å². The zero-order valence-electron chi connectivity index (χ0n) is 16.5. The highest BCUT2D eigenvalue weighted by atomic mass is 35.5. The fourth-order valence-electron chi connectivity index (χ4n) is 2.74. The van der Waals surface area contributed by atoms with Crippen molar-refractivity contribution >= 4 is 43.1 Å². The van der Waals surface area contributed by atoms with Crippen molar-refractivity contribution in [3.8, 4) is 0 Å². The third-order valence-electron chi connectivity index (χ3n) is 4.31. The van der Waals surface area contributed by atoms with Crippen LogP contribution in [0.4, 0.5) is 5.69 Å². The van der Waals surface area contributed by atoms with E-state index in [1.54, 1.807) is 38.1 Å². The van der Waals surface area contributed by atoms with Gasteiger partial charge in [-0.25, -0.2) is 16.8 Å². The van der Waals surface area contributed by atoms with Crippen molar-refractivity contribution < 1.29 is 21.6 Å². The van der Waals surface area contributed by atoms with Gasteiger partial charge < -0.3 is 5.32 Å². The number of hydrogen-bond donors (Lipinski definition) is 1. The first-order valence-corrected chi connectivity index (χ1v) is 12.7. The van der Waals surface area contributed by atoms with Gasteiger partial charge in [0.15, 0.2) is 9.84 Å². The molecular weight excluding hydrogens is 436 g/mol. The summed E-state index contributed by atoms with van der Waals surface area (Å²) in [5.41, 5.74) is 1.69. The van der Waals surface area contributed by atoms with Crippen LogP contribution in [-0.2, 0) is 24.7 Å². The minimum Gasteiger partial charge on any atom is -0.348 e. The van der Waals surface area contributed by atoms with Crippen molar-refractivity contribution in [2.45, 2.75) is 24.8 Å². The summed E-state index contributed by atoms with van der Waals surface area (Å²) >= 11 is 5.99. The summed E-state index contributed by atoms with van der Waals surface area (Å²) in [6.45, 7) is 3.04. The minimum absolute atomic E-state index is 0.180. The molecule has 2 aromatic rings. The summed E-state index contributed by atoms with van der Waals surface area (Å²) < 4.78 is 48.6. The van der Waals surface area contributed by atoms with E-state index >= 15 is 0 Å². The summed E-state index contributed by atoms with van der Waals surface area (Å²) in [7, 11) is -7.04. The van der Waals surface area contributed by atoms with Gasteiger partial charge in [-0.1, -0.05) is 29.8 Å². The number of amides is 1. The molecule has 0 bridgehead atoms. The molecule has 0 aromatic heterocycles. The molecule has 0 aliphatic rings. The normalized spacial score (nSPS) is 13.0. The van der Waals surface area contributed by atoms with Crippen LogP contribution in [0.5, 0.6) is 0 Å². The number of carbonyl (C=O) groups excluding carboxylic acids is 1. The molecule has 0 aliphatic carbocycles. The molecule has 0 fully saturated rings. The highest BCUT2D eigenvalue weighted by molar-refractivity contribution is 7.92. The smallest absolute Gasteiger partial charge is 0.241 e. The van der Waals surface area contributed by atoms with E-state index in [0.29, 0.717) is 21.8 Å². The number of nitrogens with zero attached hydrogens (tertiary/aromatic N) is 1. The third-order valence-corrected chi connectivity index (χ3v) is 6.80. The number of carbonyl (C=O) groups is 1. The van der Waals surface area contributed by atoms with Crippen molar-refractivity contribution in [2.24, 2.45) is 0 Å². The Morgan fingerprint density at radius 2 is 1.66 bits per heavy atom. The Morgan fingerprint density at radius 1 is 1.07 bits per heavy atom. The summed E-state index contributed by atoms with van der Waals surface area (Å²) in [4.78, 5) is 12.7.